The van der Waals surface area contributed by atoms with Crippen molar-refractivity contribution in [3.05, 3.63) is 65.7 Å². The zero-order valence-electron chi connectivity index (χ0n) is 14.5. The zero-order valence-corrected chi connectivity index (χ0v) is 15.4. The van der Waals surface area contributed by atoms with Crippen LogP contribution in [0.3, 0.4) is 0 Å². The van der Waals surface area contributed by atoms with E-state index >= 15 is 0 Å². The molecule has 1 aliphatic rings. The molecular weight excluding hydrogens is 368 g/mol. The lowest BCUT2D eigenvalue weighted by molar-refractivity contribution is -0.141. The molecule has 0 unspecified atom stereocenters. The summed E-state index contributed by atoms with van der Waals surface area (Å²) in [6.07, 6.45) is 1.01. The highest BCUT2D eigenvalue weighted by Crippen LogP contribution is 2.21. The van der Waals surface area contributed by atoms with Crippen LogP contribution in [0.2, 0.25) is 0 Å². The molecule has 0 spiro atoms. The maximum Gasteiger partial charge on any atom is 0.326 e. The van der Waals surface area contributed by atoms with Gasteiger partial charge in [0.2, 0.25) is 10.0 Å². The van der Waals surface area contributed by atoms with Crippen molar-refractivity contribution in [3.63, 3.8) is 0 Å². The molecule has 2 N–H and O–H groups in total. The van der Waals surface area contributed by atoms with E-state index in [2.05, 4.69) is 4.72 Å². The average Bonchev–Trinajstić information content (AvgIpc) is 3.17. The molecule has 1 heterocycles. The Morgan fingerprint density at radius 2 is 1.85 bits per heavy atom. The average molecular weight is 388 g/mol. The molecule has 2 aromatic rings. The first-order valence-electron chi connectivity index (χ1n) is 8.56. The fraction of sp³-hybridized carbons (Fsp3) is 0.263. The molecule has 1 aliphatic heterocycles. The second-order valence-corrected chi connectivity index (χ2v) is 8.10. The number of likely N-dealkylation sites (tertiary alicyclic amines) is 1. The third kappa shape index (κ3) is 4.35. The first kappa shape index (κ1) is 19.1. The number of amides is 1. The number of nitrogens with zero attached hydrogens (tertiary/aromatic N) is 1. The molecule has 2 aromatic carbocycles. The van der Waals surface area contributed by atoms with Gasteiger partial charge in [-0.05, 0) is 36.6 Å². The van der Waals surface area contributed by atoms with Gasteiger partial charge >= 0.3 is 5.97 Å². The summed E-state index contributed by atoms with van der Waals surface area (Å²) < 4.78 is 27.6. The molecule has 1 atom stereocenters. The lowest BCUT2D eigenvalue weighted by atomic mass is 10.1. The Morgan fingerprint density at radius 3 is 2.56 bits per heavy atom. The molecule has 7 nitrogen and oxygen atoms in total. The standard InChI is InChI=1S/C19H20N2O5S/c22-18(21-11-5-10-17(21)19(23)24)15-8-4-9-16(12-15)27(25,26)20-13-14-6-2-1-3-7-14/h1-4,6-9,12,17,20H,5,10-11,13H2,(H,23,24)/t17-/m0/s1. The number of rotatable bonds is 6. The second-order valence-electron chi connectivity index (χ2n) is 6.33. The molecule has 0 saturated carbocycles. The first-order chi connectivity index (χ1) is 12.9. The van der Waals surface area contributed by atoms with Crippen LogP contribution in [0.15, 0.2) is 59.5 Å². The van der Waals surface area contributed by atoms with Gasteiger partial charge in [-0.25, -0.2) is 17.9 Å². The van der Waals surface area contributed by atoms with E-state index in [4.69, 9.17) is 0 Å². The first-order valence-corrected chi connectivity index (χ1v) is 10.0. The van der Waals surface area contributed by atoms with Crippen molar-refractivity contribution >= 4 is 21.9 Å². The number of sulfonamides is 1. The molecule has 1 amide bonds. The lowest BCUT2D eigenvalue weighted by Gasteiger charge is -2.21. The van der Waals surface area contributed by atoms with Crippen LogP contribution in [0.4, 0.5) is 0 Å². The summed E-state index contributed by atoms with van der Waals surface area (Å²) in [6.45, 7) is 0.480. The largest absolute Gasteiger partial charge is 0.480 e. The van der Waals surface area contributed by atoms with E-state index in [-0.39, 0.29) is 17.0 Å². The number of carboxylic acid groups (broad SMARTS) is 1. The third-order valence-corrected chi connectivity index (χ3v) is 5.90. The molecule has 142 valence electrons. The number of carbonyl (C=O) groups excluding carboxylic acids is 1. The van der Waals surface area contributed by atoms with Gasteiger partial charge in [-0.2, -0.15) is 0 Å². The minimum Gasteiger partial charge on any atom is -0.480 e. The van der Waals surface area contributed by atoms with Gasteiger partial charge in [0.1, 0.15) is 6.04 Å². The van der Waals surface area contributed by atoms with Crippen molar-refractivity contribution in [2.45, 2.75) is 30.3 Å². The van der Waals surface area contributed by atoms with Crippen LogP contribution in [-0.2, 0) is 21.4 Å². The maximum absolute atomic E-state index is 12.7. The van der Waals surface area contributed by atoms with Crippen LogP contribution in [0.25, 0.3) is 0 Å². The summed E-state index contributed by atoms with van der Waals surface area (Å²) in [5, 5.41) is 9.24. The minimum atomic E-state index is -3.80. The van der Waals surface area contributed by atoms with Gasteiger partial charge in [-0.1, -0.05) is 36.4 Å². The quantitative estimate of drug-likeness (QED) is 0.786. The molecule has 0 bridgehead atoms. The normalized spacial score (nSPS) is 17.0. The van der Waals surface area contributed by atoms with Crippen LogP contribution >= 0.6 is 0 Å². The number of nitrogens with one attached hydrogen (secondary N) is 1. The molecule has 0 aromatic heterocycles. The lowest BCUT2D eigenvalue weighted by Crippen LogP contribution is -2.40. The Hall–Kier alpha value is -2.71. The Morgan fingerprint density at radius 1 is 1.11 bits per heavy atom. The molecule has 0 radical (unpaired) electrons. The van der Waals surface area contributed by atoms with E-state index in [1.54, 1.807) is 0 Å². The van der Waals surface area contributed by atoms with Gasteiger partial charge < -0.3 is 10.0 Å². The van der Waals surface area contributed by atoms with Gasteiger partial charge in [0, 0.05) is 18.7 Å². The number of carbonyl (C=O) groups is 2. The second kappa shape index (κ2) is 7.89. The van der Waals surface area contributed by atoms with Crippen molar-refractivity contribution in [2.75, 3.05) is 6.54 Å². The Kier molecular flexibility index (Phi) is 5.57. The van der Waals surface area contributed by atoms with Crippen molar-refractivity contribution in [1.82, 2.24) is 9.62 Å². The van der Waals surface area contributed by atoms with Gasteiger partial charge in [-0.15, -0.1) is 0 Å². The minimum absolute atomic E-state index is 0.0321. The Labute approximate surface area is 157 Å². The van der Waals surface area contributed by atoms with Gasteiger partial charge in [0.05, 0.1) is 4.90 Å². The van der Waals surface area contributed by atoms with Crippen LogP contribution in [-0.4, -0.2) is 42.9 Å². The SMILES string of the molecule is O=C(O)[C@@H]1CCCN1C(=O)c1cccc(S(=O)(=O)NCc2ccccc2)c1. The van der Waals surface area contributed by atoms with Crippen molar-refractivity contribution in [1.29, 1.82) is 0 Å². The zero-order chi connectivity index (χ0) is 19.4. The molecule has 8 heteroatoms. The van der Waals surface area contributed by atoms with Gasteiger partial charge in [-0.3, -0.25) is 4.79 Å². The fourth-order valence-corrected chi connectivity index (χ4v) is 4.15. The highest BCUT2D eigenvalue weighted by atomic mass is 32.2. The number of aliphatic carboxylic acids is 1. The molecule has 0 aliphatic carbocycles. The third-order valence-electron chi connectivity index (χ3n) is 4.50. The maximum atomic E-state index is 12.7. The van der Waals surface area contributed by atoms with E-state index in [0.717, 1.165) is 5.56 Å². The summed E-state index contributed by atoms with van der Waals surface area (Å²) in [6, 6.07) is 13.9. The number of benzene rings is 2. The van der Waals surface area contributed by atoms with Crippen molar-refractivity contribution in [2.24, 2.45) is 0 Å². The molecular formula is C19H20N2O5S. The summed E-state index contributed by atoms with van der Waals surface area (Å²) in [4.78, 5) is 25.2. The topological polar surface area (TPSA) is 104 Å². The summed E-state index contributed by atoms with van der Waals surface area (Å²) in [5.74, 6) is -1.52. The number of hydrogen-bond donors (Lipinski definition) is 2. The van der Waals surface area contributed by atoms with Crippen LogP contribution in [0, 0.1) is 0 Å². The predicted molar refractivity (Wildman–Crippen MR) is 98.6 cm³/mol. The monoisotopic (exact) mass is 388 g/mol. The van der Waals surface area contributed by atoms with Crippen molar-refractivity contribution < 1.29 is 23.1 Å². The van der Waals surface area contributed by atoms with E-state index < -0.39 is 27.9 Å². The van der Waals surface area contributed by atoms with Crippen molar-refractivity contribution in [3.8, 4) is 0 Å². The molecule has 1 fully saturated rings. The van der Waals surface area contributed by atoms with Crippen LogP contribution in [0.1, 0.15) is 28.8 Å². The van der Waals surface area contributed by atoms with E-state index in [1.165, 1.54) is 29.2 Å². The summed E-state index contributed by atoms with van der Waals surface area (Å²) in [5.41, 5.74) is 0.973. The highest BCUT2D eigenvalue weighted by Gasteiger charge is 2.34. The number of hydrogen-bond acceptors (Lipinski definition) is 4. The Bertz CT molecular complexity index is 944. The molecule has 3 rings (SSSR count). The predicted octanol–water partition coefficient (Wildman–Crippen LogP) is 1.85. The molecule has 1 saturated heterocycles. The smallest absolute Gasteiger partial charge is 0.326 e. The van der Waals surface area contributed by atoms with E-state index in [0.29, 0.717) is 19.4 Å². The Balaban J connectivity index is 1.78. The highest BCUT2D eigenvalue weighted by molar-refractivity contribution is 7.89. The van der Waals surface area contributed by atoms with Gasteiger partial charge in [0.15, 0.2) is 0 Å². The van der Waals surface area contributed by atoms with Gasteiger partial charge in [0.25, 0.3) is 5.91 Å². The molecule has 27 heavy (non-hydrogen) atoms. The fourth-order valence-electron chi connectivity index (χ4n) is 3.09. The summed E-state index contributed by atoms with van der Waals surface area (Å²) >= 11 is 0. The van der Waals surface area contributed by atoms with E-state index in [9.17, 15) is 23.1 Å². The van der Waals surface area contributed by atoms with E-state index in [1.807, 2.05) is 30.3 Å². The summed E-state index contributed by atoms with van der Waals surface area (Å²) in [7, 11) is -3.80. The number of carboxylic acids is 1. The van der Waals surface area contributed by atoms with Crippen LogP contribution < -0.4 is 4.72 Å². The van der Waals surface area contributed by atoms with Crippen LogP contribution in [0.5, 0.6) is 0 Å².